The molecule has 2 aliphatic rings. The number of hydrogen-bond acceptors (Lipinski definition) is 4. The highest BCUT2D eigenvalue weighted by molar-refractivity contribution is 4.90. The first-order chi connectivity index (χ1) is 9.86. The van der Waals surface area contributed by atoms with E-state index in [1.54, 1.807) is 6.33 Å². The zero-order chi connectivity index (χ0) is 13.8. The molecule has 1 unspecified atom stereocenters. The molecule has 1 aliphatic heterocycles. The molecule has 1 saturated heterocycles. The third-order valence-electron chi connectivity index (χ3n) is 4.44. The molecule has 0 radical (unpaired) electrons. The van der Waals surface area contributed by atoms with Crippen LogP contribution in [0.4, 0.5) is 0 Å². The topological polar surface area (TPSA) is 46.0 Å². The lowest BCUT2D eigenvalue weighted by molar-refractivity contribution is 0.131. The lowest BCUT2D eigenvalue weighted by atomic mass is 10.0. The summed E-state index contributed by atoms with van der Waals surface area (Å²) in [5, 5.41) is 8.04. The summed E-state index contributed by atoms with van der Waals surface area (Å²) < 4.78 is 2.07. The minimum atomic E-state index is 0.677. The highest BCUT2D eigenvalue weighted by Crippen LogP contribution is 2.22. The molecular formula is C15H27N5. The van der Waals surface area contributed by atoms with Gasteiger partial charge in [-0.1, -0.05) is 13.3 Å². The molecule has 1 aromatic rings. The van der Waals surface area contributed by atoms with E-state index in [9.17, 15) is 0 Å². The summed E-state index contributed by atoms with van der Waals surface area (Å²) in [5.41, 5.74) is 0. The van der Waals surface area contributed by atoms with E-state index >= 15 is 0 Å². The first kappa shape index (κ1) is 14.0. The number of rotatable bonds is 7. The van der Waals surface area contributed by atoms with Gasteiger partial charge in [-0.3, -0.25) is 4.90 Å². The Morgan fingerprint density at radius 3 is 3.00 bits per heavy atom. The van der Waals surface area contributed by atoms with Crippen LogP contribution in [0.5, 0.6) is 0 Å². The van der Waals surface area contributed by atoms with Gasteiger partial charge in [-0.05, 0) is 38.6 Å². The number of aromatic nitrogens is 3. The summed E-state index contributed by atoms with van der Waals surface area (Å²) in [6.45, 7) is 6.47. The Morgan fingerprint density at radius 2 is 2.20 bits per heavy atom. The Kier molecular flexibility index (Phi) is 4.68. The smallest absolute Gasteiger partial charge is 0.141 e. The monoisotopic (exact) mass is 277 g/mol. The Hall–Kier alpha value is -0.940. The number of nitrogens with one attached hydrogen (secondary N) is 1. The van der Waals surface area contributed by atoms with Crippen LogP contribution >= 0.6 is 0 Å². The molecule has 5 heteroatoms. The molecule has 3 rings (SSSR count). The molecule has 2 heterocycles. The van der Waals surface area contributed by atoms with Crippen LogP contribution in [0, 0.1) is 0 Å². The van der Waals surface area contributed by atoms with Gasteiger partial charge in [-0.2, -0.15) is 5.10 Å². The van der Waals surface area contributed by atoms with E-state index in [0.29, 0.717) is 6.04 Å². The maximum atomic E-state index is 4.46. The Bertz CT molecular complexity index is 412. The summed E-state index contributed by atoms with van der Waals surface area (Å²) in [5.74, 6) is 1.13. The highest BCUT2D eigenvalue weighted by Gasteiger charge is 2.27. The number of piperidine rings is 1. The maximum Gasteiger partial charge on any atom is 0.141 e. The molecule has 1 saturated carbocycles. The molecule has 0 spiro atoms. The van der Waals surface area contributed by atoms with Gasteiger partial charge in [0, 0.05) is 25.2 Å². The third-order valence-corrected chi connectivity index (χ3v) is 4.44. The molecule has 1 atom stereocenters. The predicted octanol–water partition coefficient (Wildman–Crippen LogP) is 1.79. The molecule has 1 aromatic heterocycles. The molecule has 5 nitrogen and oxygen atoms in total. The molecule has 0 aromatic carbocycles. The van der Waals surface area contributed by atoms with Crippen molar-refractivity contribution >= 4 is 0 Å². The first-order valence-electron chi connectivity index (χ1n) is 8.21. The van der Waals surface area contributed by atoms with Gasteiger partial charge in [0.15, 0.2) is 0 Å². The van der Waals surface area contributed by atoms with Crippen LogP contribution in [0.3, 0.4) is 0 Å². The van der Waals surface area contributed by atoms with E-state index in [4.69, 9.17) is 0 Å². The Balaban J connectivity index is 1.58. The minimum absolute atomic E-state index is 0.677. The summed E-state index contributed by atoms with van der Waals surface area (Å²) in [4.78, 5) is 7.07. The summed E-state index contributed by atoms with van der Waals surface area (Å²) in [7, 11) is 0. The van der Waals surface area contributed by atoms with Gasteiger partial charge in [0.05, 0.1) is 6.54 Å². The van der Waals surface area contributed by atoms with Crippen LogP contribution in [-0.4, -0.2) is 44.8 Å². The van der Waals surface area contributed by atoms with Crippen LogP contribution in [0.15, 0.2) is 6.33 Å². The second kappa shape index (κ2) is 6.68. The van der Waals surface area contributed by atoms with Crippen molar-refractivity contribution in [2.45, 2.75) is 70.6 Å². The summed E-state index contributed by atoms with van der Waals surface area (Å²) in [6.07, 6.45) is 9.57. The molecular weight excluding hydrogens is 250 g/mol. The van der Waals surface area contributed by atoms with Gasteiger partial charge in [0.1, 0.15) is 12.2 Å². The largest absolute Gasteiger partial charge is 0.312 e. The van der Waals surface area contributed by atoms with E-state index < -0.39 is 0 Å². The maximum absolute atomic E-state index is 4.46. The van der Waals surface area contributed by atoms with Crippen molar-refractivity contribution in [3.8, 4) is 0 Å². The third kappa shape index (κ3) is 3.58. The van der Waals surface area contributed by atoms with Gasteiger partial charge in [-0.15, -0.1) is 0 Å². The SMILES string of the molecule is CCCn1ncnc1CN1CCCCC1CNC1CC1. The van der Waals surface area contributed by atoms with Crippen LogP contribution in [-0.2, 0) is 13.1 Å². The molecule has 0 bridgehead atoms. The zero-order valence-corrected chi connectivity index (χ0v) is 12.6. The number of nitrogens with zero attached hydrogens (tertiary/aromatic N) is 4. The van der Waals surface area contributed by atoms with Gasteiger partial charge >= 0.3 is 0 Å². The van der Waals surface area contributed by atoms with E-state index in [0.717, 1.165) is 37.9 Å². The van der Waals surface area contributed by atoms with E-state index in [1.165, 1.54) is 38.6 Å². The van der Waals surface area contributed by atoms with Gasteiger partial charge < -0.3 is 5.32 Å². The van der Waals surface area contributed by atoms with Crippen molar-refractivity contribution in [1.82, 2.24) is 25.0 Å². The van der Waals surface area contributed by atoms with Crippen molar-refractivity contribution < 1.29 is 0 Å². The molecule has 2 fully saturated rings. The highest BCUT2D eigenvalue weighted by atomic mass is 15.4. The summed E-state index contributed by atoms with van der Waals surface area (Å²) in [6, 6.07) is 1.48. The molecule has 1 aliphatic carbocycles. The fourth-order valence-corrected chi connectivity index (χ4v) is 3.08. The lowest BCUT2D eigenvalue weighted by Gasteiger charge is -2.35. The second-order valence-electron chi connectivity index (χ2n) is 6.20. The average Bonchev–Trinajstić information content (AvgIpc) is 3.20. The number of aryl methyl sites for hydroxylation is 1. The number of hydrogen-bond donors (Lipinski definition) is 1. The Morgan fingerprint density at radius 1 is 1.30 bits per heavy atom. The van der Waals surface area contributed by atoms with E-state index in [1.807, 2.05) is 0 Å². The van der Waals surface area contributed by atoms with Gasteiger partial charge in [0.2, 0.25) is 0 Å². The second-order valence-corrected chi connectivity index (χ2v) is 6.20. The van der Waals surface area contributed by atoms with Crippen LogP contribution < -0.4 is 5.32 Å². The van der Waals surface area contributed by atoms with Gasteiger partial charge in [0.25, 0.3) is 0 Å². The molecule has 112 valence electrons. The lowest BCUT2D eigenvalue weighted by Crippen LogP contribution is -2.45. The van der Waals surface area contributed by atoms with Crippen molar-refractivity contribution in [1.29, 1.82) is 0 Å². The van der Waals surface area contributed by atoms with Crippen molar-refractivity contribution in [2.75, 3.05) is 13.1 Å². The first-order valence-corrected chi connectivity index (χ1v) is 8.21. The van der Waals surface area contributed by atoms with E-state index in [2.05, 4.69) is 31.9 Å². The van der Waals surface area contributed by atoms with Crippen LogP contribution in [0.2, 0.25) is 0 Å². The quantitative estimate of drug-likeness (QED) is 0.825. The number of likely N-dealkylation sites (tertiary alicyclic amines) is 1. The van der Waals surface area contributed by atoms with Crippen molar-refractivity contribution in [3.05, 3.63) is 12.2 Å². The zero-order valence-electron chi connectivity index (χ0n) is 12.6. The van der Waals surface area contributed by atoms with Crippen molar-refractivity contribution in [2.24, 2.45) is 0 Å². The summed E-state index contributed by atoms with van der Waals surface area (Å²) >= 11 is 0. The normalized spacial score (nSPS) is 24.1. The fourth-order valence-electron chi connectivity index (χ4n) is 3.08. The van der Waals surface area contributed by atoms with Crippen LogP contribution in [0.1, 0.15) is 51.3 Å². The minimum Gasteiger partial charge on any atom is -0.312 e. The fraction of sp³-hybridized carbons (Fsp3) is 0.867. The van der Waals surface area contributed by atoms with E-state index in [-0.39, 0.29) is 0 Å². The van der Waals surface area contributed by atoms with Gasteiger partial charge in [-0.25, -0.2) is 9.67 Å². The molecule has 0 amide bonds. The average molecular weight is 277 g/mol. The Labute approximate surface area is 121 Å². The molecule has 1 N–H and O–H groups in total. The molecule has 20 heavy (non-hydrogen) atoms. The van der Waals surface area contributed by atoms with Crippen molar-refractivity contribution in [3.63, 3.8) is 0 Å². The standard InChI is InChI=1S/C15H27N5/c1-2-8-20-15(17-12-18-20)11-19-9-4-3-5-14(19)10-16-13-6-7-13/h12-14,16H,2-11H2,1H3. The predicted molar refractivity (Wildman–Crippen MR) is 79.4 cm³/mol. The van der Waals surface area contributed by atoms with Crippen LogP contribution in [0.25, 0.3) is 0 Å².